The molecule has 82 valence electrons. The number of urea groups is 1. The van der Waals surface area contributed by atoms with Gasteiger partial charge in [-0.2, -0.15) is 0 Å². The third kappa shape index (κ3) is 2.30. The number of hydrogen-bond donors (Lipinski definition) is 2. The van der Waals surface area contributed by atoms with Gasteiger partial charge in [0.2, 0.25) is 0 Å². The molecule has 1 aromatic heterocycles. The van der Waals surface area contributed by atoms with Gasteiger partial charge in [0, 0.05) is 0 Å². The van der Waals surface area contributed by atoms with Gasteiger partial charge in [0.25, 0.3) is 0 Å². The SMILES string of the molecule is NC(=O)N(O)CCC1CC1c1ccoc1. The number of carbonyl (C=O) groups excluding carboxylic acids is 1. The lowest BCUT2D eigenvalue weighted by Crippen LogP contribution is -2.33. The molecule has 3 N–H and O–H groups in total. The average molecular weight is 210 g/mol. The van der Waals surface area contributed by atoms with Crippen molar-refractivity contribution in [3.05, 3.63) is 24.2 Å². The molecule has 1 heterocycles. The minimum absolute atomic E-state index is 0.300. The molecule has 0 aromatic carbocycles. The number of furan rings is 1. The largest absolute Gasteiger partial charge is 0.472 e. The highest BCUT2D eigenvalue weighted by Gasteiger charge is 2.38. The van der Waals surface area contributed by atoms with Crippen molar-refractivity contribution in [3.63, 3.8) is 0 Å². The minimum atomic E-state index is -0.796. The Kier molecular flexibility index (Phi) is 2.64. The van der Waals surface area contributed by atoms with Crippen LogP contribution in [0.5, 0.6) is 0 Å². The molecule has 1 aliphatic carbocycles. The van der Waals surface area contributed by atoms with Gasteiger partial charge in [-0.25, -0.2) is 9.86 Å². The van der Waals surface area contributed by atoms with Crippen molar-refractivity contribution in [3.8, 4) is 0 Å². The summed E-state index contributed by atoms with van der Waals surface area (Å²) in [6.07, 6.45) is 5.27. The Labute approximate surface area is 87.4 Å². The van der Waals surface area contributed by atoms with Crippen molar-refractivity contribution < 1.29 is 14.4 Å². The number of carbonyl (C=O) groups is 1. The van der Waals surface area contributed by atoms with Gasteiger partial charge in [0.1, 0.15) is 0 Å². The molecular formula is C10H14N2O3. The van der Waals surface area contributed by atoms with Gasteiger partial charge in [-0.05, 0) is 36.3 Å². The van der Waals surface area contributed by atoms with E-state index in [2.05, 4.69) is 0 Å². The molecule has 5 heteroatoms. The van der Waals surface area contributed by atoms with E-state index >= 15 is 0 Å². The first-order valence-corrected chi connectivity index (χ1v) is 4.96. The Balaban J connectivity index is 1.74. The van der Waals surface area contributed by atoms with E-state index in [4.69, 9.17) is 15.4 Å². The molecule has 2 amide bonds. The third-order valence-electron chi connectivity index (χ3n) is 2.86. The summed E-state index contributed by atoms with van der Waals surface area (Å²) >= 11 is 0. The van der Waals surface area contributed by atoms with Crippen LogP contribution in [0.4, 0.5) is 4.79 Å². The molecule has 0 spiro atoms. The first-order valence-electron chi connectivity index (χ1n) is 4.96. The van der Waals surface area contributed by atoms with Crippen molar-refractivity contribution in [1.82, 2.24) is 5.06 Å². The van der Waals surface area contributed by atoms with Crippen LogP contribution in [-0.4, -0.2) is 22.8 Å². The molecule has 1 aromatic rings. The number of nitrogens with two attached hydrogens (primary N) is 1. The van der Waals surface area contributed by atoms with E-state index in [0.29, 0.717) is 23.4 Å². The first kappa shape index (κ1) is 10.0. The van der Waals surface area contributed by atoms with Gasteiger partial charge in [-0.15, -0.1) is 0 Å². The van der Waals surface area contributed by atoms with Crippen LogP contribution in [0, 0.1) is 5.92 Å². The summed E-state index contributed by atoms with van der Waals surface area (Å²) in [6, 6.07) is 1.16. The van der Waals surface area contributed by atoms with E-state index < -0.39 is 6.03 Å². The smallest absolute Gasteiger partial charge is 0.338 e. The third-order valence-corrected chi connectivity index (χ3v) is 2.86. The van der Waals surface area contributed by atoms with Crippen LogP contribution in [-0.2, 0) is 0 Å². The van der Waals surface area contributed by atoms with Crippen LogP contribution < -0.4 is 5.73 Å². The summed E-state index contributed by atoms with van der Waals surface area (Å²) in [5.41, 5.74) is 6.09. The van der Waals surface area contributed by atoms with E-state index in [1.165, 1.54) is 5.56 Å². The summed E-state index contributed by atoms with van der Waals surface area (Å²) in [5.74, 6) is 1.04. The molecule has 0 saturated heterocycles. The molecule has 1 saturated carbocycles. The van der Waals surface area contributed by atoms with Crippen LogP contribution in [0.15, 0.2) is 23.0 Å². The fourth-order valence-corrected chi connectivity index (χ4v) is 1.86. The highest BCUT2D eigenvalue weighted by molar-refractivity contribution is 5.70. The van der Waals surface area contributed by atoms with Crippen LogP contribution in [0.1, 0.15) is 24.3 Å². The number of nitrogens with zero attached hydrogens (tertiary/aromatic N) is 1. The summed E-state index contributed by atoms with van der Waals surface area (Å²) < 4.78 is 4.99. The Morgan fingerprint density at radius 1 is 1.73 bits per heavy atom. The monoisotopic (exact) mass is 210 g/mol. The van der Waals surface area contributed by atoms with E-state index in [1.54, 1.807) is 12.5 Å². The standard InChI is InChI=1S/C10H14N2O3/c11-10(13)12(14)3-1-7-5-9(7)8-2-4-15-6-8/h2,4,6-7,9,14H,1,3,5H2,(H2,11,13). The van der Waals surface area contributed by atoms with Crippen LogP contribution >= 0.6 is 0 Å². The van der Waals surface area contributed by atoms with Gasteiger partial charge in [-0.1, -0.05) is 0 Å². The molecule has 0 radical (unpaired) electrons. The van der Waals surface area contributed by atoms with Crippen LogP contribution in [0.2, 0.25) is 0 Å². The lowest BCUT2D eigenvalue weighted by molar-refractivity contribution is -0.0410. The maximum atomic E-state index is 10.5. The molecule has 5 nitrogen and oxygen atoms in total. The van der Waals surface area contributed by atoms with Crippen molar-refractivity contribution in [2.75, 3.05) is 6.54 Å². The normalized spacial score (nSPS) is 23.8. The fourth-order valence-electron chi connectivity index (χ4n) is 1.86. The zero-order chi connectivity index (χ0) is 10.8. The highest BCUT2D eigenvalue weighted by Crippen LogP contribution is 2.49. The van der Waals surface area contributed by atoms with E-state index in [1.807, 2.05) is 6.07 Å². The zero-order valence-electron chi connectivity index (χ0n) is 8.30. The predicted octanol–water partition coefficient (Wildman–Crippen LogP) is 1.54. The topological polar surface area (TPSA) is 79.7 Å². The van der Waals surface area contributed by atoms with E-state index in [-0.39, 0.29) is 0 Å². The molecule has 0 aliphatic heterocycles. The van der Waals surface area contributed by atoms with Gasteiger partial charge in [0.15, 0.2) is 0 Å². The van der Waals surface area contributed by atoms with Gasteiger partial charge in [-0.3, -0.25) is 5.21 Å². The second-order valence-corrected chi connectivity index (χ2v) is 3.91. The number of amides is 2. The fraction of sp³-hybridized carbons (Fsp3) is 0.500. The van der Waals surface area contributed by atoms with Crippen LogP contribution in [0.25, 0.3) is 0 Å². The molecule has 0 bridgehead atoms. The number of hydroxylamine groups is 2. The summed E-state index contributed by atoms with van der Waals surface area (Å²) in [5, 5.41) is 9.62. The Morgan fingerprint density at radius 2 is 2.53 bits per heavy atom. The van der Waals surface area contributed by atoms with Gasteiger partial charge >= 0.3 is 6.03 Å². The predicted molar refractivity (Wildman–Crippen MR) is 52.2 cm³/mol. The second kappa shape index (κ2) is 3.94. The molecule has 2 atom stereocenters. The Hall–Kier alpha value is -1.49. The Bertz CT molecular complexity index is 336. The van der Waals surface area contributed by atoms with E-state index in [0.717, 1.165) is 12.8 Å². The van der Waals surface area contributed by atoms with Gasteiger partial charge in [0.05, 0.1) is 19.1 Å². The van der Waals surface area contributed by atoms with E-state index in [9.17, 15) is 4.79 Å². The number of rotatable bonds is 4. The number of hydrogen-bond acceptors (Lipinski definition) is 3. The lowest BCUT2D eigenvalue weighted by atomic mass is 10.1. The van der Waals surface area contributed by atoms with Crippen LogP contribution in [0.3, 0.4) is 0 Å². The second-order valence-electron chi connectivity index (χ2n) is 3.91. The van der Waals surface area contributed by atoms with Crippen molar-refractivity contribution in [2.45, 2.75) is 18.8 Å². The van der Waals surface area contributed by atoms with Gasteiger partial charge < -0.3 is 10.2 Å². The maximum Gasteiger partial charge on any atom is 0.338 e. The molecule has 1 aliphatic rings. The number of primary amides is 1. The molecule has 2 rings (SSSR count). The minimum Gasteiger partial charge on any atom is -0.472 e. The lowest BCUT2D eigenvalue weighted by Gasteiger charge is -2.10. The summed E-state index contributed by atoms with van der Waals surface area (Å²) in [7, 11) is 0. The maximum absolute atomic E-state index is 10.5. The zero-order valence-corrected chi connectivity index (χ0v) is 8.30. The molecule has 2 unspecified atom stereocenters. The first-order chi connectivity index (χ1) is 7.18. The molecular weight excluding hydrogens is 196 g/mol. The molecule has 15 heavy (non-hydrogen) atoms. The van der Waals surface area contributed by atoms with Crippen molar-refractivity contribution in [1.29, 1.82) is 0 Å². The highest BCUT2D eigenvalue weighted by atomic mass is 16.5. The summed E-state index contributed by atoms with van der Waals surface area (Å²) in [4.78, 5) is 10.5. The van der Waals surface area contributed by atoms with Crippen molar-refractivity contribution >= 4 is 6.03 Å². The van der Waals surface area contributed by atoms with Crippen molar-refractivity contribution in [2.24, 2.45) is 11.7 Å². The molecule has 1 fully saturated rings. The Morgan fingerprint density at radius 3 is 3.13 bits per heavy atom. The quantitative estimate of drug-likeness (QED) is 0.584. The average Bonchev–Trinajstić information content (AvgIpc) is 2.76. The summed E-state index contributed by atoms with van der Waals surface area (Å²) in [6.45, 7) is 0.300.